The van der Waals surface area contributed by atoms with E-state index < -0.39 is 10.0 Å². The molecule has 1 heterocycles. The Hall–Kier alpha value is -1.31. The molecule has 1 aromatic heterocycles. The fourth-order valence-corrected chi connectivity index (χ4v) is 5.06. The molecule has 7 heteroatoms. The topological polar surface area (TPSA) is 85.9 Å². The molecule has 0 spiro atoms. The van der Waals surface area contributed by atoms with Gasteiger partial charge in [0.1, 0.15) is 10.8 Å². The Labute approximate surface area is 146 Å². The van der Waals surface area contributed by atoms with Crippen molar-refractivity contribution in [3.05, 3.63) is 40.7 Å². The first-order valence-electron chi connectivity index (χ1n) is 8.48. The second-order valence-electron chi connectivity index (χ2n) is 6.89. The zero-order chi connectivity index (χ0) is 16.7. The Morgan fingerprint density at radius 3 is 2.42 bits per heavy atom. The van der Waals surface area contributed by atoms with E-state index in [4.69, 9.17) is 10.1 Å². The summed E-state index contributed by atoms with van der Waals surface area (Å²) in [5.74, 6) is 2.35. The Balaban J connectivity index is 1.45. The van der Waals surface area contributed by atoms with Gasteiger partial charge >= 0.3 is 0 Å². The van der Waals surface area contributed by atoms with Gasteiger partial charge in [-0.05, 0) is 54.4 Å². The van der Waals surface area contributed by atoms with Crippen LogP contribution in [-0.4, -0.2) is 17.8 Å². The van der Waals surface area contributed by atoms with Gasteiger partial charge < -0.3 is 0 Å². The van der Waals surface area contributed by atoms with Crippen LogP contribution in [0.2, 0.25) is 0 Å². The average molecular weight is 364 g/mol. The van der Waals surface area contributed by atoms with Gasteiger partial charge in [-0.15, -0.1) is 0 Å². The zero-order valence-corrected chi connectivity index (χ0v) is 15.0. The van der Waals surface area contributed by atoms with Crippen LogP contribution in [0, 0.1) is 0 Å². The van der Waals surface area contributed by atoms with Crippen molar-refractivity contribution in [2.24, 2.45) is 5.14 Å². The van der Waals surface area contributed by atoms with E-state index in [0.29, 0.717) is 17.8 Å². The maximum Gasteiger partial charge on any atom is 0.238 e. The highest BCUT2D eigenvalue weighted by atomic mass is 32.2. The lowest BCUT2D eigenvalue weighted by Gasteiger charge is -2.18. The van der Waals surface area contributed by atoms with Crippen LogP contribution < -0.4 is 5.14 Å². The minimum Gasteiger partial charge on any atom is -0.225 e. The Kier molecular flexibility index (Phi) is 4.18. The molecule has 24 heavy (non-hydrogen) atoms. The van der Waals surface area contributed by atoms with E-state index in [1.165, 1.54) is 37.1 Å². The van der Waals surface area contributed by atoms with Crippen LogP contribution in [0.3, 0.4) is 0 Å². The molecule has 4 rings (SSSR count). The summed E-state index contributed by atoms with van der Waals surface area (Å²) in [6, 6.07) is 6.89. The van der Waals surface area contributed by atoms with Gasteiger partial charge in [-0.25, -0.2) is 18.5 Å². The summed E-state index contributed by atoms with van der Waals surface area (Å²) in [4.78, 5) is 4.98. The number of nitrogens with zero attached hydrogens (tertiary/aromatic N) is 2. The fraction of sp³-hybridized carbons (Fsp3) is 0.529. The molecule has 2 atom stereocenters. The van der Waals surface area contributed by atoms with Gasteiger partial charge in [0.25, 0.3) is 0 Å². The van der Waals surface area contributed by atoms with Crippen molar-refractivity contribution in [3.8, 4) is 0 Å². The third kappa shape index (κ3) is 3.25. The lowest BCUT2D eigenvalue weighted by atomic mass is 9.90. The van der Waals surface area contributed by atoms with Crippen LogP contribution >= 0.6 is 11.5 Å². The molecule has 2 fully saturated rings. The molecule has 5 nitrogen and oxygen atoms in total. The van der Waals surface area contributed by atoms with E-state index in [9.17, 15) is 8.42 Å². The second-order valence-corrected chi connectivity index (χ2v) is 9.23. The molecule has 1 aromatic carbocycles. The van der Waals surface area contributed by atoms with Crippen LogP contribution in [0.5, 0.6) is 0 Å². The molecule has 0 unspecified atom stereocenters. The van der Waals surface area contributed by atoms with Crippen LogP contribution in [0.15, 0.2) is 29.2 Å². The van der Waals surface area contributed by atoms with Crippen molar-refractivity contribution in [2.75, 3.05) is 0 Å². The Bertz CT molecular complexity index is 824. The predicted octanol–water partition coefficient (Wildman–Crippen LogP) is 3.50. The zero-order valence-electron chi connectivity index (χ0n) is 13.4. The summed E-state index contributed by atoms with van der Waals surface area (Å²) in [6.45, 7) is 0. The molecular weight excluding hydrogens is 342 g/mol. The summed E-state index contributed by atoms with van der Waals surface area (Å²) < 4.78 is 27.3. The van der Waals surface area contributed by atoms with E-state index in [2.05, 4.69) is 4.37 Å². The smallest absolute Gasteiger partial charge is 0.225 e. The van der Waals surface area contributed by atoms with Crippen molar-refractivity contribution < 1.29 is 8.42 Å². The van der Waals surface area contributed by atoms with Gasteiger partial charge in [0.15, 0.2) is 0 Å². The van der Waals surface area contributed by atoms with Crippen molar-refractivity contribution >= 4 is 21.6 Å². The van der Waals surface area contributed by atoms with E-state index >= 15 is 0 Å². The minimum absolute atomic E-state index is 0.162. The van der Waals surface area contributed by atoms with Crippen LogP contribution in [0.1, 0.15) is 72.7 Å². The molecule has 0 amide bonds. The van der Waals surface area contributed by atoms with Crippen LogP contribution in [0.25, 0.3) is 0 Å². The highest BCUT2D eigenvalue weighted by molar-refractivity contribution is 7.89. The highest BCUT2D eigenvalue weighted by Crippen LogP contribution is 2.54. The van der Waals surface area contributed by atoms with Crippen LogP contribution in [0.4, 0.5) is 0 Å². The largest absolute Gasteiger partial charge is 0.238 e. The molecule has 2 saturated carbocycles. The maximum atomic E-state index is 11.3. The van der Waals surface area contributed by atoms with Gasteiger partial charge in [0.05, 0.1) is 4.90 Å². The number of primary sulfonamides is 1. The van der Waals surface area contributed by atoms with Gasteiger partial charge in [-0.1, -0.05) is 31.4 Å². The van der Waals surface area contributed by atoms with E-state index in [-0.39, 0.29) is 4.90 Å². The first kappa shape index (κ1) is 16.2. The van der Waals surface area contributed by atoms with E-state index in [0.717, 1.165) is 17.8 Å². The molecule has 128 valence electrons. The fourth-order valence-electron chi connectivity index (χ4n) is 3.67. The Morgan fingerprint density at radius 2 is 1.75 bits per heavy atom. The molecule has 0 saturated heterocycles. The first-order valence-corrected chi connectivity index (χ1v) is 10.8. The lowest BCUT2D eigenvalue weighted by molar-refractivity contribution is 0.442. The summed E-state index contributed by atoms with van der Waals surface area (Å²) in [7, 11) is -3.62. The molecule has 2 aliphatic rings. The number of aromatic nitrogens is 2. The van der Waals surface area contributed by atoms with E-state index in [1.54, 1.807) is 23.7 Å². The SMILES string of the molecule is NS(=O)(=O)c1ccc([C@@H]2C[C@H]2c2nsc(C3CCCCC3)n2)cc1. The number of rotatable bonds is 4. The van der Waals surface area contributed by atoms with Gasteiger partial charge in [-0.3, -0.25) is 0 Å². The molecule has 2 N–H and O–H groups in total. The summed E-state index contributed by atoms with van der Waals surface area (Å²) in [6.07, 6.45) is 7.50. The number of sulfonamides is 1. The number of nitrogens with two attached hydrogens (primary N) is 1. The third-order valence-corrected chi connectivity index (χ3v) is 6.99. The molecule has 2 aliphatic carbocycles. The van der Waals surface area contributed by atoms with Crippen molar-refractivity contribution in [1.29, 1.82) is 0 Å². The van der Waals surface area contributed by atoms with Crippen LogP contribution in [-0.2, 0) is 10.0 Å². The monoisotopic (exact) mass is 363 g/mol. The molecule has 0 aliphatic heterocycles. The molecule has 2 aromatic rings. The predicted molar refractivity (Wildman–Crippen MR) is 93.6 cm³/mol. The summed E-state index contributed by atoms with van der Waals surface area (Å²) >= 11 is 1.57. The van der Waals surface area contributed by atoms with Crippen molar-refractivity contribution in [2.45, 2.75) is 61.2 Å². The summed E-state index contributed by atoms with van der Waals surface area (Å²) in [5.41, 5.74) is 1.14. The first-order chi connectivity index (χ1) is 11.5. The number of hydrogen-bond acceptors (Lipinski definition) is 5. The lowest BCUT2D eigenvalue weighted by Crippen LogP contribution is -2.11. The highest BCUT2D eigenvalue weighted by Gasteiger charge is 2.42. The number of hydrogen-bond donors (Lipinski definition) is 1. The average Bonchev–Trinajstić information content (AvgIpc) is 3.23. The standard InChI is InChI=1S/C17H21N3O2S2/c18-24(21,22)13-8-6-11(7-9-13)14-10-15(14)16-19-17(23-20-16)12-4-2-1-3-5-12/h6-9,12,14-15H,1-5,10H2,(H2,18,21,22)/t14-,15+/m0/s1. The molecule has 0 bridgehead atoms. The van der Waals surface area contributed by atoms with E-state index in [1.807, 2.05) is 12.1 Å². The summed E-state index contributed by atoms with van der Waals surface area (Å²) in [5, 5.41) is 6.35. The normalized spacial score (nSPS) is 24.9. The Morgan fingerprint density at radius 1 is 1.04 bits per heavy atom. The second kappa shape index (κ2) is 6.20. The number of benzene rings is 1. The quantitative estimate of drug-likeness (QED) is 0.901. The van der Waals surface area contributed by atoms with Crippen molar-refractivity contribution in [1.82, 2.24) is 9.36 Å². The maximum absolute atomic E-state index is 11.3. The van der Waals surface area contributed by atoms with Gasteiger partial charge in [0.2, 0.25) is 10.0 Å². The third-order valence-electron chi connectivity index (χ3n) is 5.17. The molecular formula is C17H21N3O2S2. The van der Waals surface area contributed by atoms with Gasteiger partial charge in [-0.2, -0.15) is 4.37 Å². The minimum atomic E-state index is -3.62. The van der Waals surface area contributed by atoms with Gasteiger partial charge in [0, 0.05) is 11.8 Å². The van der Waals surface area contributed by atoms with Crippen molar-refractivity contribution in [3.63, 3.8) is 0 Å². The molecule has 0 radical (unpaired) electrons.